The van der Waals surface area contributed by atoms with Gasteiger partial charge < -0.3 is 5.32 Å². The van der Waals surface area contributed by atoms with E-state index < -0.39 is 0 Å². The van der Waals surface area contributed by atoms with Crippen molar-refractivity contribution in [3.05, 3.63) is 47.8 Å². The molecule has 3 heteroatoms. The van der Waals surface area contributed by atoms with Gasteiger partial charge in [0.1, 0.15) is 5.82 Å². The Morgan fingerprint density at radius 3 is 2.80 bits per heavy atom. The molecule has 2 nitrogen and oxygen atoms in total. The molecule has 0 aliphatic rings. The lowest BCUT2D eigenvalue weighted by Gasteiger charge is -2.15. The lowest BCUT2D eigenvalue weighted by Crippen LogP contribution is -2.25. The van der Waals surface area contributed by atoms with Crippen LogP contribution in [0.2, 0.25) is 0 Å². The Morgan fingerprint density at radius 2 is 2.27 bits per heavy atom. The summed E-state index contributed by atoms with van der Waals surface area (Å²) in [4.78, 5) is 11.1. The molecule has 1 atom stereocenters. The first-order valence-corrected chi connectivity index (χ1v) is 4.73. The first-order chi connectivity index (χ1) is 7.04. The Hall–Kier alpha value is -1.64. The number of aryl methyl sites for hydroxylation is 1. The molecule has 80 valence electrons. The summed E-state index contributed by atoms with van der Waals surface area (Å²) in [6, 6.07) is 4.37. The van der Waals surface area contributed by atoms with Gasteiger partial charge in [0.2, 0.25) is 5.91 Å². The second-order valence-corrected chi connectivity index (χ2v) is 3.44. The van der Waals surface area contributed by atoms with Gasteiger partial charge >= 0.3 is 0 Å². The highest BCUT2D eigenvalue weighted by molar-refractivity contribution is 5.87. The van der Waals surface area contributed by atoms with E-state index in [1.807, 2.05) is 13.8 Å². The number of rotatable bonds is 3. The molecular weight excluding hydrogens is 193 g/mol. The van der Waals surface area contributed by atoms with E-state index in [9.17, 15) is 9.18 Å². The highest BCUT2D eigenvalue weighted by Gasteiger charge is 2.10. The van der Waals surface area contributed by atoms with Crippen molar-refractivity contribution in [3.63, 3.8) is 0 Å². The Morgan fingerprint density at radius 1 is 1.60 bits per heavy atom. The third-order valence-electron chi connectivity index (χ3n) is 2.24. The molecule has 0 saturated heterocycles. The molecule has 0 aromatic heterocycles. The first-order valence-electron chi connectivity index (χ1n) is 4.73. The highest BCUT2D eigenvalue weighted by Crippen LogP contribution is 2.17. The van der Waals surface area contributed by atoms with Crippen molar-refractivity contribution >= 4 is 5.91 Å². The summed E-state index contributed by atoms with van der Waals surface area (Å²) in [5.74, 6) is -0.496. The van der Waals surface area contributed by atoms with Crippen molar-refractivity contribution in [2.75, 3.05) is 0 Å². The standard InChI is InChI=1S/C12H14FNO/c1-4-12(15)14-9(3)11-6-5-10(13)7-8(11)2/h4-7,9H,1H2,2-3H3,(H,14,15)/t9-/m0/s1. The van der Waals surface area contributed by atoms with Crippen LogP contribution >= 0.6 is 0 Å². The van der Waals surface area contributed by atoms with Crippen LogP contribution in [0.4, 0.5) is 4.39 Å². The molecule has 0 bridgehead atoms. The van der Waals surface area contributed by atoms with E-state index in [0.29, 0.717) is 0 Å². The van der Waals surface area contributed by atoms with Crippen LogP contribution in [0.5, 0.6) is 0 Å². The average Bonchev–Trinajstić information content (AvgIpc) is 2.17. The number of halogens is 1. The van der Waals surface area contributed by atoms with Crippen molar-refractivity contribution in [2.24, 2.45) is 0 Å². The van der Waals surface area contributed by atoms with Gasteiger partial charge in [-0.05, 0) is 43.2 Å². The minimum absolute atomic E-state index is 0.143. The smallest absolute Gasteiger partial charge is 0.243 e. The maximum atomic E-state index is 12.8. The SMILES string of the molecule is C=CC(=O)N[C@@H](C)c1ccc(F)cc1C. The quantitative estimate of drug-likeness (QED) is 0.758. The minimum atomic E-state index is -0.265. The molecule has 0 spiro atoms. The fraction of sp³-hybridized carbons (Fsp3) is 0.250. The first kappa shape index (κ1) is 11.4. The highest BCUT2D eigenvalue weighted by atomic mass is 19.1. The fourth-order valence-electron chi connectivity index (χ4n) is 1.48. The zero-order valence-electron chi connectivity index (χ0n) is 8.88. The predicted molar refractivity (Wildman–Crippen MR) is 57.9 cm³/mol. The second-order valence-electron chi connectivity index (χ2n) is 3.44. The maximum Gasteiger partial charge on any atom is 0.243 e. The van der Waals surface area contributed by atoms with Crippen molar-refractivity contribution < 1.29 is 9.18 Å². The van der Waals surface area contributed by atoms with E-state index in [1.165, 1.54) is 18.2 Å². The Balaban J connectivity index is 2.86. The molecule has 0 unspecified atom stereocenters. The van der Waals surface area contributed by atoms with Gasteiger partial charge in [-0.25, -0.2) is 4.39 Å². The molecule has 1 amide bonds. The number of carbonyl (C=O) groups excluding carboxylic acids is 1. The van der Waals surface area contributed by atoms with Crippen LogP contribution in [0.25, 0.3) is 0 Å². The molecule has 1 aromatic rings. The van der Waals surface area contributed by atoms with Crippen LogP contribution in [-0.2, 0) is 4.79 Å². The molecule has 1 N–H and O–H groups in total. The summed E-state index contributed by atoms with van der Waals surface area (Å²) in [6.07, 6.45) is 1.22. The number of nitrogens with one attached hydrogen (secondary N) is 1. The van der Waals surface area contributed by atoms with Gasteiger partial charge in [0.05, 0.1) is 6.04 Å². The van der Waals surface area contributed by atoms with E-state index in [1.54, 1.807) is 6.07 Å². The maximum absolute atomic E-state index is 12.8. The lowest BCUT2D eigenvalue weighted by atomic mass is 10.0. The molecule has 1 aromatic carbocycles. The summed E-state index contributed by atoms with van der Waals surface area (Å²) in [7, 11) is 0. The molecular formula is C12H14FNO. The normalized spacial score (nSPS) is 11.9. The summed E-state index contributed by atoms with van der Waals surface area (Å²) < 4.78 is 12.8. The van der Waals surface area contributed by atoms with E-state index >= 15 is 0 Å². The van der Waals surface area contributed by atoms with Gasteiger partial charge in [-0.1, -0.05) is 12.6 Å². The van der Waals surface area contributed by atoms with Crippen molar-refractivity contribution in [1.29, 1.82) is 0 Å². The molecule has 0 aliphatic heterocycles. The fourth-order valence-corrected chi connectivity index (χ4v) is 1.48. The van der Waals surface area contributed by atoms with Gasteiger partial charge in [0.15, 0.2) is 0 Å². The van der Waals surface area contributed by atoms with E-state index in [0.717, 1.165) is 11.1 Å². The van der Waals surface area contributed by atoms with Crippen LogP contribution in [0, 0.1) is 12.7 Å². The summed E-state index contributed by atoms with van der Waals surface area (Å²) >= 11 is 0. The van der Waals surface area contributed by atoms with Crippen molar-refractivity contribution in [2.45, 2.75) is 19.9 Å². The molecule has 0 aliphatic carbocycles. The van der Waals surface area contributed by atoms with Crippen LogP contribution in [0.15, 0.2) is 30.9 Å². The van der Waals surface area contributed by atoms with E-state index in [4.69, 9.17) is 0 Å². The molecule has 0 heterocycles. The van der Waals surface area contributed by atoms with Crippen molar-refractivity contribution in [1.82, 2.24) is 5.32 Å². The van der Waals surface area contributed by atoms with Gasteiger partial charge in [0, 0.05) is 0 Å². The lowest BCUT2D eigenvalue weighted by molar-refractivity contribution is -0.117. The largest absolute Gasteiger partial charge is 0.346 e. The second kappa shape index (κ2) is 4.73. The third kappa shape index (κ3) is 2.91. The van der Waals surface area contributed by atoms with Crippen molar-refractivity contribution in [3.8, 4) is 0 Å². The molecule has 1 rings (SSSR count). The number of benzene rings is 1. The summed E-state index contributed by atoms with van der Waals surface area (Å²) in [5, 5.41) is 2.73. The Labute approximate surface area is 88.8 Å². The van der Waals surface area contributed by atoms with Gasteiger partial charge in [-0.2, -0.15) is 0 Å². The topological polar surface area (TPSA) is 29.1 Å². The zero-order valence-corrected chi connectivity index (χ0v) is 8.88. The molecule has 0 radical (unpaired) electrons. The third-order valence-corrected chi connectivity index (χ3v) is 2.24. The van der Waals surface area contributed by atoms with Crippen LogP contribution in [-0.4, -0.2) is 5.91 Å². The number of hydrogen-bond donors (Lipinski definition) is 1. The number of amides is 1. The van der Waals surface area contributed by atoms with Gasteiger partial charge in [0.25, 0.3) is 0 Å². The van der Waals surface area contributed by atoms with E-state index in [-0.39, 0.29) is 17.8 Å². The predicted octanol–water partition coefficient (Wildman–Crippen LogP) is 2.50. The van der Waals surface area contributed by atoms with Gasteiger partial charge in [-0.15, -0.1) is 0 Å². The number of hydrogen-bond acceptors (Lipinski definition) is 1. The summed E-state index contributed by atoms with van der Waals surface area (Å²) in [6.45, 7) is 7.04. The van der Waals surface area contributed by atoms with Crippen LogP contribution < -0.4 is 5.32 Å². The Kier molecular flexibility index (Phi) is 3.61. The Bertz CT molecular complexity index is 387. The molecule has 15 heavy (non-hydrogen) atoms. The van der Waals surface area contributed by atoms with E-state index in [2.05, 4.69) is 11.9 Å². The minimum Gasteiger partial charge on any atom is -0.346 e. The average molecular weight is 207 g/mol. The van der Waals surface area contributed by atoms with Gasteiger partial charge in [-0.3, -0.25) is 4.79 Å². The summed E-state index contributed by atoms with van der Waals surface area (Å²) in [5.41, 5.74) is 1.73. The molecule has 0 saturated carbocycles. The number of carbonyl (C=O) groups is 1. The molecule has 0 fully saturated rings. The zero-order chi connectivity index (χ0) is 11.4. The monoisotopic (exact) mass is 207 g/mol. The van der Waals surface area contributed by atoms with Crippen LogP contribution in [0.3, 0.4) is 0 Å². The van der Waals surface area contributed by atoms with Crippen LogP contribution in [0.1, 0.15) is 24.1 Å².